The first-order valence-corrected chi connectivity index (χ1v) is 16.9. The number of nitrogens with zero attached hydrogens (tertiary/aromatic N) is 1. The van der Waals surface area contributed by atoms with Crippen molar-refractivity contribution in [3.8, 4) is 11.5 Å². The van der Waals surface area contributed by atoms with Crippen molar-refractivity contribution in [1.82, 2.24) is 0 Å². The molecule has 0 unspecified atom stereocenters. The van der Waals surface area contributed by atoms with Gasteiger partial charge in [0.05, 0.1) is 12.7 Å². The molecule has 3 aromatic carbocycles. The van der Waals surface area contributed by atoms with Gasteiger partial charge in [-0.1, -0.05) is 61.6 Å². The molecule has 1 aromatic heterocycles. The molecule has 0 aliphatic heterocycles. The van der Waals surface area contributed by atoms with E-state index in [0.717, 1.165) is 40.4 Å². The van der Waals surface area contributed by atoms with Gasteiger partial charge in [-0.05, 0) is 101 Å². The standard InChI is InChI=1S/C34H32BrCl3N2O3S/c1-34(2,3)21-6-12-25-30(14-21)44-33(31(25)32(41)40-24-10-8-22(36)9-11-24)39-17-20-13-28(42-4)29(16-26(20)35)43-18-19-5-7-23(37)15-27(19)38/h5,7-11,13,15-17,21H,6,12,14,18H2,1-4H3,(H,40,41)/t21-/m1/s1. The molecule has 0 radical (unpaired) electrons. The van der Waals surface area contributed by atoms with Gasteiger partial charge in [0, 0.05) is 47.4 Å². The Labute approximate surface area is 285 Å². The van der Waals surface area contributed by atoms with Crippen molar-refractivity contribution in [2.75, 3.05) is 12.4 Å². The maximum Gasteiger partial charge on any atom is 0.259 e. The Morgan fingerprint density at radius 1 is 1.07 bits per heavy atom. The van der Waals surface area contributed by atoms with E-state index in [9.17, 15) is 4.79 Å². The molecular weight excluding hydrogens is 703 g/mol. The van der Waals surface area contributed by atoms with Crippen molar-refractivity contribution in [3.05, 3.63) is 101 Å². The lowest BCUT2D eigenvalue weighted by Gasteiger charge is -2.33. The first kappa shape index (κ1) is 32.8. The van der Waals surface area contributed by atoms with Gasteiger partial charge in [0.2, 0.25) is 0 Å². The zero-order valence-electron chi connectivity index (χ0n) is 24.8. The molecule has 1 atom stereocenters. The summed E-state index contributed by atoms with van der Waals surface area (Å²) in [5, 5.41) is 5.43. The van der Waals surface area contributed by atoms with E-state index in [0.29, 0.717) is 48.7 Å². The lowest BCUT2D eigenvalue weighted by molar-refractivity contribution is 0.102. The number of aliphatic imine (C=N–C) groups is 1. The van der Waals surface area contributed by atoms with Gasteiger partial charge in [-0.3, -0.25) is 4.79 Å². The molecule has 5 nitrogen and oxygen atoms in total. The molecule has 4 aromatic rings. The summed E-state index contributed by atoms with van der Waals surface area (Å²) in [5.41, 5.74) is 4.17. The molecule has 1 amide bonds. The van der Waals surface area contributed by atoms with Crippen molar-refractivity contribution >= 4 is 84.9 Å². The van der Waals surface area contributed by atoms with E-state index in [1.807, 2.05) is 18.2 Å². The normalized spacial score (nSPS) is 14.9. The summed E-state index contributed by atoms with van der Waals surface area (Å²) in [4.78, 5) is 19.8. The monoisotopic (exact) mass is 732 g/mol. The number of anilines is 1. The number of benzene rings is 3. The Morgan fingerprint density at radius 2 is 1.80 bits per heavy atom. The number of ether oxygens (including phenoxy) is 2. The molecule has 0 bridgehead atoms. The van der Waals surface area contributed by atoms with Crippen molar-refractivity contribution in [3.63, 3.8) is 0 Å². The summed E-state index contributed by atoms with van der Waals surface area (Å²) < 4.78 is 12.5. The van der Waals surface area contributed by atoms with Crippen molar-refractivity contribution < 1.29 is 14.3 Å². The largest absolute Gasteiger partial charge is 0.493 e. The molecule has 0 saturated heterocycles. The van der Waals surface area contributed by atoms with Gasteiger partial charge in [-0.2, -0.15) is 0 Å². The second kappa shape index (κ2) is 13.8. The number of carbonyl (C=O) groups is 1. The summed E-state index contributed by atoms with van der Waals surface area (Å²) in [6.45, 7) is 7.10. The smallest absolute Gasteiger partial charge is 0.259 e. The number of halogens is 4. The highest BCUT2D eigenvalue weighted by Gasteiger charge is 2.33. The van der Waals surface area contributed by atoms with E-state index in [2.05, 4.69) is 42.0 Å². The fourth-order valence-electron chi connectivity index (χ4n) is 5.21. The number of hydrogen-bond donors (Lipinski definition) is 1. The molecular formula is C34H32BrCl3N2O3S. The van der Waals surface area contributed by atoms with Crippen LogP contribution in [-0.2, 0) is 19.4 Å². The SMILES string of the molecule is COc1cc(C=Nc2sc3c(c2C(=O)Nc2ccc(Cl)cc2)CC[C@@H](C(C)(C)C)C3)c(Br)cc1OCc1ccc(Cl)cc1Cl. The third-order valence-corrected chi connectivity index (χ3v) is 10.5. The fourth-order valence-corrected chi connectivity index (χ4v) is 7.49. The van der Waals surface area contributed by atoms with Gasteiger partial charge >= 0.3 is 0 Å². The van der Waals surface area contributed by atoms with E-state index in [1.165, 1.54) is 4.88 Å². The van der Waals surface area contributed by atoms with Gasteiger partial charge in [-0.25, -0.2) is 4.99 Å². The van der Waals surface area contributed by atoms with E-state index in [4.69, 9.17) is 49.3 Å². The average molecular weight is 735 g/mol. The van der Waals surface area contributed by atoms with Crippen molar-refractivity contribution in [2.45, 2.75) is 46.6 Å². The number of rotatable bonds is 8. The minimum absolute atomic E-state index is 0.174. The minimum atomic E-state index is -0.174. The first-order chi connectivity index (χ1) is 20.9. The predicted molar refractivity (Wildman–Crippen MR) is 187 cm³/mol. The molecule has 10 heteroatoms. The average Bonchev–Trinajstić information content (AvgIpc) is 3.34. The van der Waals surface area contributed by atoms with E-state index < -0.39 is 0 Å². The van der Waals surface area contributed by atoms with Gasteiger partial charge in [-0.15, -0.1) is 11.3 Å². The van der Waals surface area contributed by atoms with E-state index in [-0.39, 0.29) is 17.9 Å². The van der Waals surface area contributed by atoms with Crippen LogP contribution in [0.15, 0.2) is 64.1 Å². The molecule has 0 saturated carbocycles. The van der Waals surface area contributed by atoms with Crippen LogP contribution in [0.5, 0.6) is 11.5 Å². The number of methoxy groups -OCH3 is 1. The number of hydrogen-bond acceptors (Lipinski definition) is 5. The van der Waals surface area contributed by atoms with Gasteiger partial charge in [0.15, 0.2) is 11.5 Å². The molecule has 1 aliphatic rings. The molecule has 0 spiro atoms. The molecule has 1 heterocycles. The highest BCUT2D eigenvalue weighted by atomic mass is 79.9. The van der Waals surface area contributed by atoms with Crippen LogP contribution < -0.4 is 14.8 Å². The topological polar surface area (TPSA) is 59.9 Å². The maximum absolute atomic E-state index is 13.7. The number of carbonyl (C=O) groups excluding carboxylic acids is 1. The predicted octanol–water partition coefficient (Wildman–Crippen LogP) is 11.2. The highest BCUT2D eigenvalue weighted by molar-refractivity contribution is 9.10. The number of fused-ring (bicyclic) bond motifs is 1. The van der Waals surface area contributed by atoms with Crippen LogP contribution in [0.2, 0.25) is 15.1 Å². The second-order valence-electron chi connectivity index (χ2n) is 11.8. The summed E-state index contributed by atoms with van der Waals surface area (Å²) >= 11 is 23.7. The summed E-state index contributed by atoms with van der Waals surface area (Å²) in [7, 11) is 1.59. The number of nitrogens with one attached hydrogen (secondary N) is 1. The van der Waals surface area contributed by atoms with E-state index in [1.54, 1.807) is 61.1 Å². The van der Waals surface area contributed by atoms with Crippen LogP contribution in [0.1, 0.15) is 59.1 Å². The van der Waals surface area contributed by atoms with Crippen LogP contribution >= 0.6 is 62.1 Å². The molecule has 5 rings (SSSR count). The van der Waals surface area contributed by atoms with Crippen LogP contribution in [0.4, 0.5) is 10.7 Å². The lowest BCUT2D eigenvalue weighted by atomic mass is 9.72. The highest BCUT2D eigenvalue weighted by Crippen LogP contribution is 2.45. The Morgan fingerprint density at radius 3 is 2.48 bits per heavy atom. The minimum Gasteiger partial charge on any atom is -0.493 e. The third kappa shape index (κ3) is 7.63. The van der Waals surface area contributed by atoms with Gasteiger partial charge < -0.3 is 14.8 Å². The summed E-state index contributed by atoms with van der Waals surface area (Å²) in [6, 6.07) is 16.1. The summed E-state index contributed by atoms with van der Waals surface area (Å²) in [6.07, 6.45) is 4.56. The second-order valence-corrected chi connectivity index (χ2v) is 15.0. The van der Waals surface area contributed by atoms with Crippen molar-refractivity contribution in [2.24, 2.45) is 16.3 Å². The number of thiophene rings is 1. The van der Waals surface area contributed by atoms with Crippen LogP contribution in [0.25, 0.3) is 0 Å². The first-order valence-electron chi connectivity index (χ1n) is 14.1. The maximum atomic E-state index is 13.7. The Balaban J connectivity index is 1.44. The quantitative estimate of drug-likeness (QED) is 0.183. The summed E-state index contributed by atoms with van der Waals surface area (Å²) in [5.74, 6) is 1.45. The fraction of sp³-hybridized carbons (Fsp3) is 0.294. The molecule has 1 aliphatic carbocycles. The zero-order valence-corrected chi connectivity index (χ0v) is 29.4. The third-order valence-electron chi connectivity index (χ3n) is 7.80. The van der Waals surface area contributed by atoms with E-state index >= 15 is 0 Å². The Kier molecular flexibility index (Phi) is 10.3. The van der Waals surface area contributed by atoms with Crippen molar-refractivity contribution in [1.29, 1.82) is 0 Å². The molecule has 44 heavy (non-hydrogen) atoms. The van der Waals surface area contributed by atoms with Crippen LogP contribution in [0.3, 0.4) is 0 Å². The van der Waals surface area contributed by atoms with Crippen LogP contribution in [0, 0.1) is 11.3 Å². The molecule has 0 fully saturated rings. The molecule has 1 N–H and O–H groups in total. The van der Waals surface area contributed by atoms with Gasteiger partial charge in [0.1, 0.15) is 11.6 Å². The molecule has 230 valence electrons. The van der Waals surface area contributed by atoms with Crippen LogP contribution in [-0.4, -0.2) is 19.2 Å². The lowest BCUT2D eigenvalue weighted by Crippen LogP contribution is -2.27. The Bertz CT molecular complexity index is 1710. The Hall–Kier alpha value is -2.55. The zero-order chi connectivity index (χ0) is 31.6. The van der Waals surface area contributed by atoms with Gasteiger partial charge in [0.25, 0.3) is 5.91 Å². The number of amides is 1.